The van der Waals surface area contributed by atoms with Crippen molar-refractivity contribution in [3.05, 3.63) is 42.5 Å². The highest BCUT2D eigenvalue weighted by Crippen LogP contribution is 2.25. The number of H-pyrrole nitrogens is 1. The van der Waals surface area contributed by atoms with E-state index in [4.69, 9.17) is 4.55 Å². The van der Waals surface area contributed by atoms with E-state index in [2.05, 4.69) is 4.98 Å². The zero-order chi connectivity index (χ0) is 10.8. The summed E-state index contributed by atoms with van der Waals surface area (Å²) in [6, 6.07) is 5.88. The van der Waals surface area contributed by atoms with E-state index in [1.807, 2.05) is 0 Å². The van der Waals surface area contributed by atoms with Crippen LogP contribution in [0.15, 0.2) is 41.6 Å². The fraction of sp³-hybridized carbons (Fsp3) is 0. The van der Waals surface area contributed by atoms with Gasteiger partial charge in [0, 0.05) is 18.0 Å². The molecule has 2 N–H and O–H groups in total. The first-order valence-corrected chi connectivity index (χ1v) is 5.33. The monoisotopic (exact) mass is 225 g/mol. The third kappa shape index (κ3) is 1.98. The summed E-state index contributed by atoms with van der Waals surface area (Å²) in [4.78, 5) is 2.97. The van der Waals surface area contributed by atoms with Gasteiger partial charge in [0.15, 0.2) is 11.1 Å². The maximum absolute atomic E-state index is 12.9. The Morgan fingerprint density at radius 2 is 2.13 bits per heavy atom. The van der Waals surface area contributed by atoms with Crippen LogP contribution in [0, 0.1) is 5.82 Å². The zero-order valence-electron chi connectivity index (χ0n) is 7.61. The molecule has 2 aromatic rings. The molecule has 0 amide bonds. The lowest BCUT2D eigenvalue weighted by molar-refractivity contribution is 0.565. The number of rotatable bonds is 2. The Labute approximate surface area is 88.2 Å². The number of hydrogen-bond acceptors (Lipinski definition) is 1. The minimum atomic E-state index is -2.07. The molecule has 0 saturated carbocycles. The Morgan fingerprint density at radius 1 is 1.33 bits per heavy atom. The van der Waals surface area contributed by atoms with Crippen LogP contribution in [0.3, 0.4) is 0 Å². The molecule has 0 bridgehead atoms. The first kappa shape index (κ1) is 10.1. The van der Waals surface area contributed by atoms with E-state index in [-0.39, 0.29) is 10.7 Å². The molecule has 0 fully saturated rings. The van der Waals surface area contributed by atoms with Crippen LogP contribution >= 0.6 is 0 Å². The number of hydrogen-bond donors (Lipinski definition) is 2. The highest BCUT2D eigenvalue weighted by molar-refractivity contribution is 7.79. The third-order valence-electron chi connectivity index (χ3n) is 2.03. The van der Waals surface area contributed by atoms with E-state index in [0.717, 1.165) is 0 Å². The largest absolute Gasteiger partial charge is 0.366 e. The summed E-state index contributed by atoms with van der Waals surface area (Å²) in [5.41, 5.74) is 1.11. The average Bonchev–Trinajstić information content (AvgIpc) is 2.65. The van der Waals surface area contributed by atoms with Crippen molar-refractivity contribution in [1.29, 1.82) is 0 Å². The third-order valence-corrected chi connectivity index (χ3v) is 2.75. The second-order valence-electron chi connectivity index (χ2n) is 2.99. The van der Waals surface area contributed by atoms with Crippen LogP contribution < -0.4 is 0 Å². The molecule has 0 aliphatic carbocycles. The Morgan fingerprint density at radius 3 is 2.80 bits per heavy atom. The van der Waals surface area contributed by atoms with E-state index < -0.39 is 11.1 Å². The van der Waals surface area contributed by atoms with Gasteiger partial charge in [0.05, 0.1) is 4.90 Å². The summed E-state index contributed by atoms with van der Waals surface area (Å²) in [5.74, 6) is -0.372. The molecule has 2 rings (SSSR count). The van der Waals surface area contributed by atoms with E-state index >= 15 is 0 Å². The predicted molar refractivity (Wildman–Crippen MR) is 55.2 cm³/mol. The molecule has 1 heterocycles. The quantitative estimate of drug-likeness (QED) is 0.771. The van der Waals surface area contributed by atoms with Gasteiger partial charge in [0.2, 0.25) is 0 Å². The van der Waals surface area contributed by atoms with Crippen molar-refractivity contribution in [1.82, 2.24) is 4.98 Å². The van der Waals surface area contributed by atoms with Gasteiger partial charge < -0.3 is 9.54 Å². The molecule has 15 heavy (non-hydrogen) atoms. The van der Waals surface area contributed by atoms with Crippen LogP contribution in [0.5, 0.6) is 0 Å². The second kappa shape index (κ2) is 3.96. The lowest BCUT2D eigenvalue weighted by atomic mass is 10.1. The first-order valence-electron chi connectivity index (χ1n) is 4.22. The summed E-state index contributed by atoms with van der Waals surface area (Å²) in [6.07, 6.45) is 2.99. The van der Waals surface area contributed by atoms with E-state index in [1.165, 1.54) is 18.3 Å². The first-order chi connectivity index (χ1) is 7.18. The normalized spacial score (nSPS) is 12.7. The Balaban J connectivity index is 2.54. The molecule has 1 aromatic carbocycles. The summed E-state index contributed by atoms with van der Waals surface area (Å²) in [7, 11) is 0. The van der Waals surface area contributed by atoms with Gasteiger partial charge in [-0.2, -0.15) is 0 Å². The van der Waals surface area contributed by atoms with Crippen molar-refractivity contribution in [3.63, 3.8) is 0 Å². The van der Waals surface area contributed by atoms with Gasteiger partial charge >= 0.3 is 0 Å². The van der Waals surface area contributed by atoms with E-state index in [0.29, 0.717) is 11.1 Å². The predicted octanol–water partition coefficient (Wildman–Crippen LogP) is 2.40. The van der Waals surface area contributed by atoms with Gasteiger partial charge in [-0.1, -0.05) is 12.1 Å². The summed E-state index contributed by atoms with van der Waals surface area (Å²) < 4.78 is 32.9. The highest BCUT2D eigenvalue weighted by Gasteiger charge is 2.10. The molecular formula is C10H8FNO2S. The Bertz CT molecular complexity index is 510. The molecule has 3 nitrogen and oxygen atoms in total. The molecule has 0 aliphatic rings. The lowest BCUT2D eigenvalue weighted by Crippen LogP contribution is -1.88. The molecule has 0 spiro atoms. The molecule has 0 saturated heterocycles. The SMILES string of the molecule is O=S(O)c1c[nH]cc1-c1cccc(F)c1. The van der Waals surface area contributed by atoms with Gasteiger partial charge in [-0.15, -0.1) is 0 Å². The van der Waals surface area contributed by atoms with Crippen molar-refractivity contribution >= 4 is 11.1 Å². The Hall–Kier alpha value is -1.46. The molecule has 78 valence electrons. The summed E-state index contributed by atoms with van der Waals surface area (Å²) in [6.45, 7) is 0. The number of aromatic amines is 1. The molecule has 0 aliphatic heterocycles. The molecule has 1 aromatic heterocycles. The number of halogens is 1. The molecule has 1 unspecified atom stereocenters. The maximum atomic E-state index is 12.9. The van der Waals surface area contributed by atoms with Crippen LogP contribution in [0.2, 0.25) is 0 Å². The minimum absolute atomic E-state index is 0.251. The van der Waals surface area contributed by atoms with Crippen LogP contribution in [0.4, 0.5) is 4.39 Å². The van der Waals surface area contributed by atoms with E-state index in [1.54, 1.807) is 18.3 Å². The van der Waals surface area contributed by atoms with Crippen molar-refractivity contribution in [2.24, 2.45) is 0 Å². The van der Waals surface area contributed by atoms with Gasteiger partial charge in [-0.05, 0) is 17.7 Å². The minimum Gasteiger partial charge on any atom is -0.366 e. The van der Waals surface area contributed by atoms with Crippen molar-refractivity contribution in [3.8, 4) is 11.1 Å². The van der Waals surface area contributed by atoms with Crippen LogP contribution in [-0.2, 0) is 11.1 Å². The van der Waals surface area contributed by atoms with Gasteiger partial charge in [-0.3, -0.25) is 0 Å². The van der Waals surface area contributed by atoms with Crippen LogP contribution in [0.1, 0.15) is 0 Å². The number of aromatic nitrogens is 1. The molecule has 1 atom stereocenters. The van der Waals surface area contributed by atoms with Crippen molar-refractivity contribution < 1.29 is 13.2 Å². The zero-order valence-corrected chi connectivity index (χ0v) is 8.42. The Kier molecular flexibility index (Phi) is 2.66. The average molecular weight is 225 g/mol. The number of benzene rings is 1. The van der Waals surface area contributed by atoms with E-state index in [9.17, 15) is 8.60 Å². The maximum Gasteiger partial charge on any atom is 0.188 e. The highest BCUT2D eigenvalue weighted by atomic mass is 32.2. The smallest absolute Gasteiger partial charge is 0.188 e. The van der Waals surface area contributed by atoms with Crippen LogP contribution in [0.25, 0.3) is 11.1 Å². The number of nitrogens with one attached hydrogen (secondary N) is 1. The summed E-state index contributed by atoms with van der Waals surface area (Å²) >= 11 is -2.07. The lowest BCUT2D eigenvalue weighted by Gasteiger charge is -2.00. The van der Waals surface area contributed by atoms with Gasteiger partial charge in [0.25, 0.3) is 0 Å². The second-order valence-corrected chi connectivity index (χ2v) is 3.93. The van der Waals surface area contributed by atoms with Crippen molar-refractivity contribution in [2.75, 3.05) is 0 Å². The fourth-order valence-electron chi connectivity index (χ4n) is 1.38. The molecule has 5 heteroatoms. The topological polar surface area (TPSA) is 53.1 Å². The summed E-state index contributed by atoms with van der Waals surface area (Å²) in [5, 5.41) is 0. The standard InChI is InChI=1S/C10H8FNO2S/c11-8-3-1-2-7(4-8)9-5-12-6-10(9)15(13)14/h1-6,12H,(H,13,14). The fourth-order valence-corrected chi connectivity index (χ4v) is 1.91. The molecular weight excluding hydrogens is 217 g/mol. The van der Waals surface area contributed by atoms with Crippen LogP contribution in [-0.4, -0.2) is 13.7 Å². The van der Waals surface area contributed by atoms with Gasteiger partial charge in [-0.25, -0.2) is 8.60 Å². The molecule has 0 radical (unpaired) electrons. The van der Waals surface area contributed by atoms with Crippen molar-refractivity contribution in [2.45, 2.75) is 4.90 Å². The van der Waals surface area contributed by atoms with Gasteiger partial charge in [0.1, 0.15) is 5.82 Å².